The van der Waals surface area contributed by atoms with Gasteiger partial charge in [-0.2, -0.15) is 0 Å². The van der Waals surface area contributed by atoms with Crippen molar-refractivity contribution in [1.29, 1.82) is 0 Å². The Morgan fingerprint density at radius 1 is 0.489 bits per heavy atom. The van der Waals surface area contributed by atoms with Crippen LogP contribution < -0.4 is 0 Å². The molecule has 5 aromatic heterocycles. The molecule has 10 aromatic rings. The van der Waals surface area contributed by atoms with Crippen molar-refractivity contribution in [2.75, 3.05) is 0 Å². The van der Waals surface area contributed by atoms with Crippen LogP contribution in [0.2, 0.25) is 0 Å². The Kier molecular flexibility index (Phi) is 5.51. The third-order valence-electron chi connectivity index (χ3n) is 9.34. The Labute approximate surface area is 270 Å². The molecule has 0 amide bonds. The molecule has 0 aliphatic heterocycles. The van der Waals surface area contributed by atoms with Gasteiger partial charge in [-0.15, -0.1) is 0 Å². The quantitative estimate of drug-likeness (QED) is 0.201. The average Bonchev–Trinajstić information content (AvgIpc) is 3.81. The highest BCUT2D eigenvalue weighted by molar-refractivity contribution is 6.27. The molecule has 0 bridgehead atoms. The van der Waals surface area contributed by atoms with Gasteiger partial charge in [-0.1, -0.05) is 66.7 Å². The number of hydrogen-bond donors (Lipinski definition) is 0. The lowest BCUT2D eigenvalue weighted by molar-refractivity contribution is 1.09. The molecule has 0 atom stereocenters. The summed E-state index contributed by atoms with van der Waals surface area (Å²) in [4.78, 5) is 9.59. The molecule has 0 unspecified atom stereocenters. The Hall–Kier alpha value is -6.46. The van der Waals surface area contributed by atoms with E-state index in [9.17, 15) is 0 Å². The topological polar surface area (TPSA) is 40.6 Å². The monoisotopic (exact) mass is 601 g/mol. The maximum Gasteiger partial charge on any atom is 0.138 e. The number of nitrogens with zero attached hydrogens (tertiary/aromatic N) is 5. The SMILES string of the molecule is c1ccc(-n2ccc3cc4c5c(ccc6c7ccccc7n(-c7cccc(-c8cccnc8)n7)c65)n(-c5ccccc5)c4cc32)cc1. The summed E-state index contributed by atoms with van der Waals surface area (Å²) >= 11 is 0. The standard InChI is InChI=1S/C42H27N5/c1-3-12-30(13-4-1)45-24-22-28-25-34-39(26-38(28)45)46(31-14-5-2-6-15-31)37-21-20-33-32-16-7-8-18-36(32)47(42(33)41(34)37)40-19-9-17-35(44-40)29-11-10-23-43-27-29/h1-27H. The van der Waals surface area contributed by atoms with Crippen LogP contribution >= 0.6 is 0 Å². The van der Waals surface area contributed by atoms with Gasteiger partial charge in [0.2, 0.25) is 0 Å². The maximum atomic E-state index is 5.24. The van der Waals surface area contributed by atoms with E-state index in [0.29, 0.717) is 0 Å². The van der Waals surface area contributed by atoms with Crippen LogP contribution in [-0.4, -0.2) is 23.7 Å². The van der Waals surface area contributed by atoms with Gasteiger partial charge in [-0.3, -0.25) is 9.55 Å². The third kappa shape index (κ3) is 3.83. The predicted octanol–water partition coefficient (Wildman–Crippen LogP) is 10.3. The van der Waals surface area contributed by atoms with E-state index in [0.717, 1.165) is 50.5 Å². The van der Waals surface area contributed by atoms with Gasteiger partial charge in [0, 0.05) is 62.5 Å². The fourth-order valence-corrected chi connectivity index (χ4v) is 7.31. The minimum Gasteiger partial charge on any atom is -0.316 e. The van der Waals surface area contributed by atoms with Crippen LogP contribution in [0.5, 0.6) is 0 Å². The number of hydrogen-bond acceptors (Lipinski definition) is 2. The molecule has 0 saturated heterocycles. The smallest absolute Gasteiger partial charge is 0.138 e. The van der Waals surface area contributed by atoms with E-state index in [2.05, 4.69) is 164 Å². The first-order chi connectivity index (χ1) is 23.3. The van der Waals surface area contributed by atoms with Crippen LogP contribution in [0.1, 0.15) is 0 Å². The number of pyridine rings is 2. The molecule has 0 aliphatic rings. The van der Waals surface area contributed by atoms with Gasteiger partial charge in [0.05, 0.1) is 33.3 Å². The molecule has 5 aromatic carbocycles. The first kappa shape index (κ1) is 25.8. The van der Waals surface area contributed by atoms with Crippen LogP contribution in [0.15, 0.2) is 164 Å². The Morgan fingerprint density at radius 2 is 1.30 bits per heavy atom. The number of rotatable bonds is 4. The van der Waals surface area contributed by atoms with E-state index < -0.39 is 0 Å². The van der Waals surface area contributed by atoms with E-state index in [1.165, 1.54) is 32.4 Å². The minimum absolute atomic E-state index is 0.877. The number of para-hydroxylation sites is 3. The molecule has 5 nitrogen and oxygen atoms in total. The molecular weight excluding hydrogens is 574 g/mol. The Morgan fingerprint density at radius 3 is 2.13 bits per heavy atom. The number of aromatic nitrogens is 5. The molecule has 5 heteroatoms. The first-order valence-electron chi connectivity index (χ1n) is 15.8. The lowest BCUT2D eigenvalue weighted by Crippen LogP contribution is -1.99. The molecule has 0 aliphatic carbocycles. The molecule has 10 rings (SSSR count). The zero-order valence-electron chi connectivity index (χ0n) is 25.3. The number of benzene rings is 5. The van der Waals surface area contributed by atoms with Gasteiger partial charge in [0.25, 0.3) is 0 Å². The van der Waals surface area contributed by atoms with Crippen LogP contribution in [0.25, 0.3) is 83.0 Å². The van der Waals surface area contributed by atoms with Crippen LogP contribution in [0.3, 0.4) is 0 Å². The summed E-state index contributed by atoms with van der Waals surface area (Å²) in [7, 11) is 0. The number of fused-ring (bicyclic) bond motifs is 8. The van der Waals surface area contributed by atoms with Crippen molar-refractivity contribution in [1.82, 2.24) is 23.7 Å². The molecule has 0 spiro atoms. The predicted molar refractivity (Wildman–Crippen MR) is 193 cm³/mol. The van der Waals surface area contributed by atoms with E-state index in [-0.39, 0.29) is 0 Å². The molecule has 47 heavy (non-hydrogen) atoms. The maximum absolute atomic E-state index is 5.24. The highest BCUT2D eigenvalue weighted by Crippen LogP contribution is 2.43. The summed E-state index contributed by atoms with van der Waals surface area (Å²) in [5, 5.41) is 6.02. The van der Waals surface area contributed by atoms with Crippen molar-refractivity contribution in [2.45, 2.75) is 0 Å². The second kappa shape index (κ2) is 10.0. The summed E-state index contributed by atoms with van der Waals surface area (Å²) in [6.07, 6.45) is 5.84. The first-order valence-corrected chi connectivity index (χ1v) is 15.8. The van der Waals surface area contributed by atoms with Gasteiger partial charge in [0.1, 0.15) is 5.82 Å². The van der Waals surface area contributed by atoms with Crippen LogP contribution in [0.4, 0.5) is 0 Å². The van der Waals surface area contributed by atoms with Gasteiger partial charge in [-0.05, 0) is 78.9 Å². The highest BCUT2D eigenvalue weighted by atomic mass is 15.1. The summed E-state index contributed by atoms with van der Waals surface area (Å²) in [5.74, 6) is 0.877. The van der Waals surface area contributed by atoms with Gasteiger partial charge >= 0.3 is 0 Å². The van der Waals surface area contributed by atoms with Crippen molar-refractivity contribution in [3.8, 4) is 28.5 Å². The normalized spacial score (nSPS) is 11.8. The van der Waals surface area contributed by atoms with Crippen molar-refractivity contribution < 1.29 is 0 Å². The minimum atomic E-state index is 0.877. The summed E-state index contributed by atoms with van der Waals surface area (Å²) in [6.45, 7) is 0. The average molecular weight is 602 g/mol. The van der Waals surface area contributed by atoms with E-state index in [1.807, 2.05) is 12.3 Å². The summed E-state index contributed by atoms with van der Waals surface area (Å²) in [5.41, 5.74) is 9.93. The largest absolute Gasteiger partial charge is 0.316 e. The fourth-order valence-electron chi connectivity index (χ4n) is 7.31. The van der Waals surface area contributed by atoms with Gasteiger partial charge < -0.3 is 9.13 Å². The Balaban J connectivity index is 1.37. The molecule has 0 N–H and O–H groups in total. The van der Waals surface area contributed by atoms with E-state index in [1.54, 1.807) is 6.20 Å². The molecule has 0 radical (unpaired) electrons. The van der Waals surface area contributed by atoms with Crippen molar-refractivity contribution in [3.05, 3.63) is 164 Å². The molecule has 0 fully saturated rings. The Bertz CT molecular complexity index is 2770. The second-order valence-electron chi connectivity index (χ2n) is 12.0. The summed E-state index contributed by atoms with van der Waals surface area (Å²) < 4.78 is 7.04. The lowest BCUT2D eigenvalue weighted by atomic mass is 10.1. The van der Waals surface area contributed by atoms with Crippen molar-refractivity contribution >= 4 is 54.5 Å². The third-order valence-corrected chi connectivity index (χ3v) is 9.34. The van der Waals surface area contributed by atoms with Crippen LogP contribution in [0, 0.1) is 0 Å². The van der Waals surface area contributed by atoms with Crippen molar-refractivity contribution in [3.63, 3.8) is 0 Å². The summed E-state index contributed by atoms with van der Waals surface area (Å²) in [6, 6.07) is 51.7. The van der Waals surface area contributed by atoms with E-state index in [4.69, 9.17) is 4.98 Å². The highest BCUT2D eigenvalue weighted by Gasteiger charge is 2.22. The second-order valence-corrected chi connectivity index (χ2v) is 12.0. The molecular formula is C42H27N5. The van der Waals surface area contributed by atoms with Crippen molar-refractivity contribution in [2.24, 2.45) is 0 Å². The van der Waals surface area contributed by atoms with E-state index >= 15 is 0 Å². The fraction of sp³-hybridized carbons (Fsp3) is 0. The van der Waals surface area contributed by atoms with Gasteiger partial charge in [0.15, 0.2) is 0 Å². The molecule has 220 valence electrons. The lowest BCUT2D eigenvalue weighted by Gasteiger charge is -2.10. The van der Waals surface area contributed by atoms with Gasteiger partial charge in [-0.25, -0.2) is 4.98 Å². The zero-order chi connectivity index (χ0) is 30.9. The van der Waals surface area contributed by atoms with Crippen LogP contribution in [-0.2, 0) is 0 Å². The molecule has 0 saturated carbocycles. The molecule has 5 heterocycles. The zero-order valence-corrected chi connectivity index (χ0v) is 25.3.